The molecule has 0 unspecified atom stereocenters. The van der Waals surface area contributed by atoms with Gasteiger partial charge in [-0.25, -0.2) is 18.1 Å². The zero-order valence-corrected chi connectivity index (χ0v) is 17.4. The van der Waals surface area contributed by atoms with Gasteiger partial charge in [0, 0.05) is 38.9 Å². The van der Waals surface area contributed by atoms with Crippen LogP contribution >= 0.6 is 0 Å². The minimum atomic E-state index is -3.62. The zero-order valence-electron chi connectivity index (χ0n) is 16.6. The van der Waals surface area contributed by atoms with E-state index in [2.05, 4.69) is 20.0 Å². The second-order valence-electron chi connectivity index (χ2n) is 6.43. The Kier molecular flexibility index (Phi) is 6.61. The third kappa shape index (κ3) is 5.08. The summed E-state index contributed by atoms with van der Waals surface area (Å²) in [7, 11) is 1.75. The Labute approximate surface area is 161 Å². The van der Waals surface area contributed by atoms with Crippen molar-refractivity contribution in [1.82, 2.24) is 14.7 Å². The van der Waals surface area contributed by atoms with Crippen LogP contribution in [0.4, 0.5) is 11.8 Å². The third-order valence-electron chi connectivity index (χ3n) is 4.20. The number of nitrogens with one attached hydrogen (secondary N) is 2. The van der Waals surface area contributed by atoms with Crippen molar-refractivity contribution in [1.29, 1.82) is 0 Å². The average molecular weight is 394 g/mol. The summed E-state index contributed by atoms with van der Waals surface area (Å²) in [6.45, 7) is 6.07. The van der Waals surface area contributed by atoms with Crippen molar-refractivity contribution in [2.75, 3.05) is 44.5 Å². The maximum absolute atomic E-state index is 12.6. The fourth-order valence-corrected chi connectivity index (χ4v) is 3.91. The van der Waals surface area contributed by atoms with E-state index in [4.69, 9.17) is 4.74 Å². The lowest BCUT2D eigenvalue weighted by Crippen LogP contribution is -2.30. The first-order valence-electron chi connectivity index (χ1n) is 8.56. The monoisotopic (exact) mass is 393 g/mol. The number of anilines is 2. The van der Waals surface area contributed by atoms with Crippen LogP contribution in [0, 0.1) is 20.8 Å². The first kappa shape index (κ1) is 20.9. The SMILES string of the molecule is COc1ccc(S(=O)(=O)NCCNc2nc(C)cc(N(C)C)n2)c(C)c1C. The van der Waals surface area contributed by atoms with Crippen LogP contribution < -0.4 is 19.7 Å². The van der Waals surface area contributed by atoms with Gasteiger partial charge in [-0.3, -0.25) is 0 Å². The van der Waals surface area contributed by atoms with E-state index in [1.54, 1.807) is 26.2 Å². The average Bonchev–Trinajstić information content (AvgIpc) is 2.60. The smallest absolute Gasteiger partial charge is 0.240 e. The lowest BCUT2D eigenvalue weighted by atomic mass is 10.1. The molecule has 1 aromatic carbocycles. The molecule has 27 heavy (non-hydrogen) atoms. The van der Waals surface area contributed by atoms with Gasteiger partial charge in [-0.05, 0) is 44.0 Å². The highest BCUT2D eigenvalue weighted by atomic mass is 32.2. The van der Waals surface area contributed by atoms with Crippen LogP contribution in [0.3, 0.4) is 0 Å². The van der Waals surface area contributed by atoms with Crippen molar-refractivity contribution in [3.05, 3.63) is 35.0 Å². The van der Waals surface area contributed by atoms with Crippen molar-refractivity contribution < 1.29 is 13.2 Å². The topological polar surface area (TPSA) is 96.5 Å². The quantitative estimate of drug-likeness (QED) is 0.661. The second-order valence-corrected chi connectivity index (χ2v) is 8.16. The van der Waals surface area contributed by atoms with Crippen LogP contribution in [0.25, 0.3) is 0 Å². The Hall–Kier alpha value is -2.39. The molecule has 0 aliphatic rings. The molecule has 9 heteroatoms. The lowest BCUT2D eigenvalue weighted by Gasteiger charge is -2.15. The Balaban J connectivity index is 2.02. The molecule has 148 valence electrons. The van der Waals surface area contributed by atoms with Crippen LogP contribution in [0.1, 0.15) is 16.8 Å². The molecule has 0 aliphatic heterocycles. The van der Waals surface area contributed by atoms with Gasteiger partial charge in [0.25, 0.3) is 0 Å². The van der Waals surface area contributed by atoms with Gasteiger partial charge in [-0.15, -0.1) is 0 Å². The minimum Gasteiger partial charge on any atom is -0.496 e. The molecular formula is C18H27N5O3S. The number of rotatable bonds is 8. The van der Waals surface area contributed by atoms with E-state index in [0.717, 1.165) is 17.1 Å². The van der Waals surface area contributed by atoms with Gasteiger partial charge >= 0.3 is 0 Å². The van der Waals surface area contributed by atoms with Crippen LogP contribution in [0.15, 0.2) is 23.1 Å². The molecule has 0 fully saturated rings. The summed E-state index contributed by atoms with van der Waals surface area (Å²) in [6, 6.07) is 5.10. The van der Waals surface area contributed by atoms with Crippen molar-refractivity contribution in [3.8, 4) is 5.75 Å². The van der Waals surface area contributed by atoms with Crippen LogP contribution in [0.2, 0.25) is 0 Å². The summed E-state index contributed by atoms with van der Waals surface area (Å²) in [6.07, 6.45) is 0. The molecule has 2 rings (SSSR count). The molecule has 2 aromatic rings. The number of aryl methyl sites for hydroxylation is 1. The summed E-state index contributed by atoms with van der Waals surface area (Å²) in [5.74, 6) is 1.92. The summed E-state index contributed by atoms with van der Waals surface area (Å²) < 4.78 is 33.0. The predicted octanol–water partition coefficient (Wildman–Crippen LogP) is 1.87. The molecule has 0 saturated carbocycles. The van der Waals surface area contributed by atoms with E-state index in [-0.39, 0.29) is 11.4 Å². The highest BCUT2D eigenvalue weighted by molar-refractivity contribution is 7.89. The first-order chi connectivity index (χ1) is 12.7. The minimum absolute atomic E-state index is 0.210. The fourth-order valence-electron chi connectivity index (χ4n) is 2.58. The molecule has 1 aromatic heterocycles. The number of nitrogens with zero attached hydrogens (tertiary/aromatic N) is 3. The molecule has 8 nitrogen and oxygen atoms in total. The Morgan fingerprint density at radius 2 is 1.78 bits per heavy atom. The molecule has 0 saturated heterocycles. The van der Waals surface area contributed by atoms with Gasteiger partial charge in [-0.1, -0.05) is 0 Å². The van der Waals surface area contributed by atoms with Crippen LogP contribution in [-0.2, 0) is 10.0 Å². The molecule has 0 aliphatic carbocycles. The third-order valence-corrected chi connectivity index (χ3v) is 5.80. The molecular weight excluding hydrogens is 366 g/mol. The lowest BCUT2D eigenvalue weighted by molar-refractivity contribution is 0.410. The second kappa shape index (κ2) is 8.53. The van der Waals surface area contributed by atoms with E-state index in [1.807, 2.05) is 38.9 Å². The largest absolute Gasteiger partial charge is 0.496 e. The molecule has 0 atom stereocenters. The number of ether oxygens (including phenoxy) is 1. The van der Waals surface area contributed by atoms with E-state index in [0.29, 0.717) is 23.8 Å². The fraction of sp³-hybridized carbons (Fsp3) is 0.444. The maximum Gasteiger partial charge on any atom is 0.240 e. The van der Waals surface area contributed by atoms with Crippen molar-refractivity contribution in [2.24, 2.45) is 0 Å². The van der Waals surface area contributed by atoms with Gasteiger partial charge in [0.1, 0.15) is 11.6 Å². The van der Waals surface area contributed by atoms with E-state index >= 15 is 0 Å². The van der Waals surface area contributed by atoms with Crippen molar-refractivity contribution in [3.63, 3.8) is 0 Å². The Morgan fingerprint density at radius 3 is 2.41 bits per heavy atom. The van der Waals surface area contributed by atoms with Gasteiger partial charge < -0.3 is 15.0 Å². The van der Waals surface area contributed by atoms with Gasteiger partial charge in [0.15, 0.2) is 0 Å². The van der Waals surface area contributed by atoms with Crippen LogP contribution in [-0.4, -0.2) is 52.7 Å². The number of hydrogen-bond donors (Lipinski definition) is 2. The van der Waals surface area contributed by atoms with Crippen molar-refractivity contribution >= 4 is 21.8 Å². The Bertz CT molecular complexity index is 913. The number of hydrogen-bond acceptors (Lipinski definition) is 7. The zero-order chi connectivity index (χ0) is 20.2. The number of benzene rings is 1. The van der Waals surface area contributed by atoms with Gasteiger partial charge in [0.2, 0.25) is 16.0 Å². The number of methoxy groups -OCH3 is 1. The molecule has 0 spiro atoms. The standard InChI is InChI=1S/C18H27N5O3S/c1-12-11-17(23(4)5)22-18(21-12)19-9-10-20-27(24,25)16-8-7-15(26-6)13(2)14(16)3/h7-8,11,20H,9-10H2,1-6H3,(H,19,21,22). The summed E-state index contributed by atoms with van der Waals surface area (Å²) in [4.78, 5) is 10.8. The molecule has 0 bridgehead atoms. The maximum atomic E-state index is 12.6. The first-order valence-corrected chi connectivity index (χ1v) is 10.0. The molecule has 2 N–H and O–H groups in total. The summed E-state index contributed by atoms with van der Waals surface area (Å²) in [5.41, 5.74) is 2.32. The van der Waals surface area contributed by atoms with Crippen molar-refractivity contribution in [2.45, 2.75) is 25.7 Å². The van der Waals surface area contributed by atoms with E-state index in [9.17, 15) is 8.42 Å². The normalized spacial score (nSPS) is 11.3. The summed E-state index contributed by atoms with van der Waals surface area (Å²) >= 11 is 0. The predicted molar refractivity (Wildman–Crippen MR) is 107 cm³/mol. The van der Waals surface area contributed by atoms with E-state index < -0.39 is 10.0 Å². The molecule has 0 radical (unpaired) electrons. The molecule has 1 heterocycles. The summed E-state index contributed by atoms with van der Waals surface area (Å²) in [5, 5.41) is 3.05. The Morgan fingerprint density at radius 1 is 1.07 bits per heavy atom. The molecule has 0 amide bonds. The highest BCUT2D eigenvalue weighted by Gasteiger charge is 2.19. The number of sulfonamides is 1. The van der Waals surface area contributed by atoms with E-state index in [1.165, 1.54) is 0 Å². The van der Waals surface area contributed by atoms with Crippen LogP contribution in [0.5, 0.6) is 5.75 Å². The highest BCUT2D eigenvalue weighted by Crippen LogP contribution is 2.26. The number of aromatic nitrogens is 2. The van der Waals surface area contributed by atoms with Gasteiger partial charge in [-0.2, -0.15) is 4.98 Å². The van der Waals surface area contributed by atoms with Gasteiger partial charge in [0.05, 0.1) is 12.0 Å².